The lowest BCUT2D eigenvalue weighted by molar-refractivity contribution is 0.0470. The van der Waals surface area contributed by atoms with E-state index < -0.39 is 7.12 Å². The molecule has 0 spiro atoms. The fourth-order valence-corrected chi connectivity index (χ4v) is 5.23. The summed E-state index contributed by atoms with van der Waals surface area (Å²) in [6.07, 6.45) is 3.94. The van der Waals surface area contributed by atoms with Gasteiger partial charge in [0.15, 0.2) is 5.78 Å². The number of nitrogens with zero attached hydrogens (tertiary/aromatic N) is 1. The van der Waals surface area contributed by atoms with Crippen molar-refractivity contribution >= 4 is 18.8 Å². The molecule has 0 radical (unpaired) electrons. The summed E-state index contributed by atoms with van der Waals surface area (Å²) in [4.78, 5) is 29.4. The highest BCUT2D eigenvalue weighted by Gasteiger charge is 2.35. The topological polar surface area (TPSA) is 66.8 Å². The highest BCUT2D eigenvalue weighted by atomic mass is 16.5. The van der Waals surface area contributed by atoms with E-state index in [9.17, 15) is 14.6 Å². The third kappa shape index (κ3) is 6.35. The van der Waals surface area contributed by atoms with E-state index in [0.717, 1.165) is 47.9 Å². The Labute approximate surface area is 211 Å². The lowest BCUT2D eigenvalue weighted by atomic mass is 9.82. The Morgan fingerprint density at radius 2 is 1.77 bits per heavy atom. The van der Waals surface area contributed by atoms with Crippen molar-refractivity contribution in [2.24, 2.45) is 5.41 Å². The van der Waals surface area contributed by atoms with Crippen molar-refractivity contribution in [2.75, 3.05) is 6.54 Å². The van der Waals surface area contributed by atoms with Crippen molar-refractivity contribution in [3.8, 4) is 5.75 Å². The van der Waals surface area contributed by atoms with Crippen LogP contribution in [0.1, 0.15) is 89.9 Å². The zero-order valence-corrected chi connectivity index (χ0v) is 22.4. The average Bonchev–Trinajstić information content (AvgIpc) is 2.95. The fourth-order valence-electron chi connectivity index (χ4n) is 5.23. The Hall–Kier alpha value is -2.60. The quantitative estimate of drug-likeness (QED) is 0.395. The molecule has 0 unspecified atom stereocenters. The number of hydrogen-bond acceptors (Lipinski definition) is 4. The summed E-state index contributed by atoms with van der Waals surface area (Å²) in [7, 11) is -0.863. The molecule has 1 amide bonds. The van der Waals surface area contributed by atoms with Gasteiger partial charge >= 0.3 is 7.12 Å². The van der Waals surface area contributed by atoms with Crippen molar-refractivity contribution in [3.63, 3.8) is 0 Å². The van der Waals surface area contributed by atoms with E-state index in [1.165, 1.54) is 0 Å². The maximum atomic E-state index is 13.9. The van der Waals surface area contributed by atoms with Gasteiger partial charge in [0.2, 0.25) is 0 Å². The van der Waals surface area contributed by atoms with Crippen LogP contribution in [-0.2, 0) is 6.42 Å². The molecule has 0 saturated carbocycles. The van der Waals surface area contributed by atoms with Crippen LogP contribution in [0.4, 0.5) is 0 Å². The van der Waals surface area contributed by atoms with Crippen LogP contribution in [0.2, 0.25) is 6.32 Å². The Bertz CT molecular complexity index is 1070. The number of carbonyl (C=O) groups excluding carboxylic acids is 2. The summed E-state index contributed by atoms with van der Waals surface area (Å²) in [5.74, 6) is 0.377. The van der Waals surface area contributed by atoms with Gasteiger partial charge in [-0.25, -0.2) is 0 Å². The Morgan fingerprint density at radius 1 is 1.11 bits per heavy atom. The predicted molar refractivity (Wildman–Crippen MR) is 142 cm³/mol. The van der Waals surface area contributed by atoms with Gasteiger partial charge in [-0.2, -0.15) is 0 Å². The van der Waals surface area contributed by atoms with Gasteiger partial charge in [0.1, 0.15) is 5.75 Å². The highest BCUT2D eigenvalue weighted by Crippen LogP contribution is 2.33. The molecule has 0 aromatic heterocycles. The molecule has 0 aliphatic carbocycles. The number of aryl methyl sites for hydroxylation is 3. The van der Waals surface area contributed by atoms with Gasteiger partial charge in [-0.1, -0.05) is 63.4 Å². The summed E-state index contributed by atoms with van der Waals surface area (Å²) in [6.45, 7) is 14.3. The fraction of sp³-hybridized carbons (Fsp3) is 0.517. The highest BCUT2D eigenvalue weighted by molar-refractivity contribution is 6.43. The molecule has 0 saturated heterocycles. The third-order valence-electron chi connectivity index (χ3n) is 6.92. The van der Waals surface area contributed by atoms with Gasteiger partial charge in [-0.05, 0) is 69.5 Å². The summed E-state index contributed by atoms with van der Waals surface area (Å²) >= 11 is 0. The van der Waals surface area contributed by atoms with Crippen LogP contribution in [0, 0.1) is 26.2 Å². The van der Waals surface area contributed by atoms with Crippen molar-refractivity contribution in [1.29, 1.82) is 0 Å². The summed E-state index contributed by atoms with van der Waals surface area (Å²) in [5, 5.41) is 10.1. The first-order valence-corrected chi connectivity index (χ1v) is 12.8. The van der Waals surface area contributed by atoms with Crippen LogP contribution in [0.25, 0.3) is 0 Å². The van der Waals surface area contributed by atoms with Gasteiger partial charge in [0, 0.05) is 22.7 Å². The van der Waals surface area contributed by atoms with E-state index in [4.69, 9.17) is 4.65 Å². The second-order valence-electron chi connectivity index (χ2n) is 11.1. The Morgan fingerprint density at radius 3 is 2.37 bits per heavy atom. The molecule has 1 aliphatic rings. The van der Waals surface area contributed by atoms with Crippen LogP contribution in [0.5, 0.6) is 5.75 Å². The molecule has 6 heteroatoms. The van der Waals surface area contributed by atoms with Gasteiger partial charge in [-0.3, -0.25) is 9.59 Å². The second-order valence-corrected chi connectivity index (χ2v) is 11.1. The molecular weight excluding hydrogens is 437 g/mol. The zero-order chi connectivity index (χ0) is 25.9. The number of Topliss-reactive ketones (excluding diaryl/α,β-unsaturated/α-hetero) is 1. The number of benzene rings is 2. The van der Waals surface area contributed by atoms with E-state index in [0.29, 0.717) is 23.2 Å². The summed E-state index contributed by atoms with van der Waals surface area (Å²) in [6, 6.07) is 9.54. The Kier molecular flexibility index (Phi) is 8.48. The molecule has 1 N–H and O–H groups in total. The van der Waals surface area contributed by atoms with Gasteiger partial charge in [0.05, 0.1) is 6.54 Å². The SMILES string of the molecule is CCC[C@H](N(CC(=O)c1ccc2c(c1C)OB(O)CCC2)C(=O)c1cc(C)cc(C)c1)C(C)(C)C. The van der Waals surface area contributed by atoms with Crippen LogP contribution < -0.4 is 4.65 Å². The lowest BCUT2D eigenvalue weighted by Gasteiger charge is -2.40. The first-order chi connectivity index (χ1) is 16.4. The van der Waals surface area contributed by atoms with Crippen molar-refractivity contribution in [2.45, 2.75) is 86.5 Å². The maximum absolute atomic E-state index is 13.9. The van der Waals surface area contributed by atoms with Gasteiger partial charge < -0.3 is 14.6 Å². The minimum absolute atomic E-state index is 0.00403. The van der Waals surface area contributed by atoms with E-state index in [2.05, 4.69) is 27.7 Å². The minimum atomic E-state index is -0.863. The molecule has 188 valence electrons. The average molecular weight is 477 g/mol. The van der Waals surface area contributed by atoms with E-state index in [1.54, 1.807) is 4.90 Å². The van der Waals surface area contributed by atoms with Gasteiger partial charge in [0.25, 0.3) is 5.91 Å². The van der Waals surface area contributed by atoms with Crippen molar-refractivity contribution in [3.05, 3.63) is 63.7 Å². The normalized spacial score (nSPS) is 14.6. The minimum Gasteiger partial charge on any atom is -0.536 e. The van der Waals surface area contributed by atoms with Crippen LogP contribution >= 0.6 is 0 Å². The maximum Gasteiger partial charge on any atom is 0.522 e. The first-order valence-electron chi connectivity index (χ1n) is 12.8. The monoisotopic (exact) mass is 477 g/mol. The molecule has 1 aliphatic heterocycles. The number of hydrogen-bond donors (Lipinski definition) is 1. The molecule has 1 atom stereocenters. The molecular formula is C29H40BNO4. The molecule has 3 rings (SSSR count). The number of ketones is 1. The summed E-state index contributed by atoms with van der Waals surface area (Å²) in [5.41, 5.74) is 4.76. The molecule has 5 nitrogen and oxygen atoms in total. The van der Waals surface area contributed by atoms with Gasteiger partial charge in [-0.15, -0.1) is 0 Å². The predicted octanol–water partition coefficient (Wildman–Crippen LogP) is 5.96. The van der Waals surface area contributed by atoms with Crippen molar-refractivity contribution in [1.82, 2.24) is 4.90 Å². The molecule has 0 fully saturated rings. The molecule has 0 bridgehead atoms. The zero-order valence-electron chi connectivity index (χ0n) is 22.4. The first kappa shape index (κ1) is 27.0. The summed E-state index contributed by atoms with van der Waals surface area (Å²) < 4.78 is 5.79. The van der Waals surface area contributed by atoms with E-state index >= 15 is 0 Å². The molecule has 1 heterocycles. The standard InChI is InChI=1S/C29H40BNO4/c1-8-10-26(29(5,6)7)31(28(33)23-16-19(2)15-20(3)17-23)18-25(32)24-13-12-22-11-9-14-30(34)35-27(22)21(24)4/h12-13,15-17,26,34H,8-11,14,18H2,1-7H3/t26-/m0/s1. The van der Waals surface area contributed by atoms with E-state index in [-0.39, 0.29) is 29.7 Å². The van der Waals surface area contributed by atoms with Crippen LogP contribution in [0.15, 0.2) is 30.3 Å². The van der Waals surface area contributed by atoms with Crippen LogP contribution in [0.3, 0.4) is 0 Å². The van der Waals surface area contributed by atoms with Crippen molar-refractivity contribution < 1.29 is 19.3 Å². The number of fused-ring (bicyclic) bond motifs is 1. The Balaban J connectivity index is 2.01. The number of rotatable bonds is 7. The smallest absolute Gasteiger partial charge is 0.522 e. The second kappa shape index (κ2) is 11.0. The van der Waals surface area contributed by atoms with Crippen LogP contribution in [-0.4, -0.2) is 41.3 Å². The molecule has 2 aromatic carbocycles. The molecule has 2 aromatic rings. The number of carbonyl (C=O) groups is 2. The lowest BCUT2D eigenvalue weighted by Crippen LogP contribution is -2.49. The molecule has 35 heavy (non-hydrogen) atoms. The number of amides is 1. The third-order valence-corrected chi connectivity index (χ3v) is 6.92. The largest absolute Gasteiger partial charge is 0.536 e. The van der Waals surface area contributed by atoms with E-state index in [1.807, 2.05) is 51.1 Å².